The zero-order valence-corrected chi connectivity index (χ0v) is 16.6. The van der Waals surface area contributed by atoms with Crippen molar-refractivity contribution >= 4 is 29.5 Å². The average Bonchev–Trinajstić information content (AvgIpc) is 3.34. The molecule has 2 atom stereocenters. The SMILES string of the molecule is C[C@H](OC(=O)CN1C(=O)NC2(CCCC2)C1=O)C(=O)N1c2ccccc2C[C@H]1C. The van der Waals surface area contributed by atoms with Gasteiger partial charge in [0.15, 0.2) is 6.10 Å². The first-order chi connectivity index (χ1) is 13.8. The summed E-state index contributed by atoms with van der Waals surface area (Å²) in [4.78, 5) is 52.7. The molecule has 0 aromatic heterocycles. The summed E-state index contributed by atoms with van der Waals surface area (Å²) in [6.45, 7) is 2.97. The van der Waals surface area contributed by atoms with E-state index in [9.17, 15) is 19.2 Å². The number of fused-ring (bicyclic) bond motifs is 1. The molecule has 1 spiro atoms. The largest absolute Gasteiger partial charge is 0.451 e. The van der Waals surface area contributed by atoms with Crippen molar-refractivity contribution in [1.82, 2.24) is 10.2 Å². The molecule has 0 bridgehead atoms. The summed E-state index contributed by atoms with van der Waals surface area (Å²) < 4.78 is 5.29. The number of carbonyl (C=O) groups is 4. The van der Waals surface area contributed by atoms with E-state index in [4.69, 9.17) is 4.74 Å². The van der Waals surface area contributed by atoms with Gasteiger partial charge >= 0.3 is 12.0 Å². The number of rotatable bonds is 4. The molecule has 4 rings (SSSR count). The van der Waals surface area contributed by atoms with Gasteiger partial charge < -0.3 is 15.0 Å². The molecule has 29 heavy (non-hydrogen) atoms. The Morgan fingerprint density at radius 2 is 1.93 bits per heavy atom. The van der Waals surface area contributed by atoms with Gasteiger partial charge in [-0.05, 0) is 44.7 Å². The van der Waals surface area contributed by atoms with Crippen LogP contribution in [0.4, 0.5) is 10.5 Å². The van der Waals surface area contributed by atoms with Crippen LogP contribution >= 0.6 is 0 Å². The molecule has 1 saturated carbocycles. The number of benzene rings is 1. The number of nitrogens with zero attached hydrogens (tertiary/aromatic N) is 2. The molecule has 8 nitrogen and oxygen atoms in total. The van der Waals surface area contributed by atoms with Crippen LogP contribution in [0.5, 0.6) is 0 Å². The van der Waals surface area contributed by atoms with E-state index >= 15 is 0 Å². The van der Waals surface area contributed by atoms with Crippen molar-refractivity contribution in [2.45, 2.75) is 63.6 Å². The van der Waals surface area contributed by atoms with Gasteiger partial charge in [-0.1, -0.05) is 31.0 Å². The van der Waals surface area contributed by atoms with Crippen LogP contribution in [0.15, 0.2) is 24.3 Å². The second-order valence-electron chi connectivity index (χ2n) is 8.13. The molecule has 0 unspecified atom stereocenters. The highest BCUT2D eigenvalue weighted by Crippen LogP contribution is 2.35. The molecule has 1 aromatic carbocycles. The number of hydrogen-bond donors (Lipinski definition) is 1. The molecule has 1 aliphatic carbocycles. The second-order valence-corrected chi connectivity index (χ2v) is 8.13. The predicted molar refractivity (Wildman–Crippen MR) is 104 cm³/mol. The second kappa shape index (κ2) is 7.17. The smallest absolute Gasteiger partial charge is 0.327 e. The summed E-state index contributed by atoms with van der Waals surface area (Å²) in [5, 5.41) is 2.73. The number of esters is 1. The molecular weight excluding hydrogens is 374 g/mol. The number of amides is 4. The van der Waals surface area contributed by atoms with Gasteiger partial charge in [-0.3, -0.25) is 19.3 Å². The number of imide groups is 1. The Balaban J connectivity index is 1.39. The molecule has 2 fully saturated rings. The summed E-state index contributed by atoms with van der Waals surface area (Å²) in [5.41, 5.74) is 1.03. The van der Waals surface area contributed by atoms with Gasteiger partial charge in [0.2, 0.25) is 0 Å². The van der Waals surface area contributed by atoms with Gasteiger partial charge in [0.1, 0.15) is 12.1 Å². The van der Waals surface area contributed by atoms with Gasteiger partial charge in [-0.25, -0.2) is 4.79 Å². The van der Waals surface area contributed by atoms with Gasteiger partial charge in [0.25, 0.3) is 11.8 Å². The van der Waals surface area contributed by atoms with Crippen LogP contribution in [-0.2, 0) is 25.5 Å². The molecular formula is C21H25N3O5. The Morgan fingerprint density at radius 3 is 2.66 bits per heavy atom. The molecule has 154 valence electrons. The summed E-state index contributed by atoms with van der Waals surface area (Å²) in [6.07, 6.45) is 2.63. The standard InChI is InChI=1S/C21H25N3O5/c1-13-11-15-7-3-4-8-16(15)24(13)18(26)14(2)29-17(25)12-23-19(27)21(22-20(23)28)9-5-6-10-21/h3-4,7-8,13-14H,5-6,9-12H2,1-2H3,(H,22,28)/t13-,14+/m1/s1. The third kappa shape index (κ3) is 3.26. The van der Waals surface area contributed by atoms with E-state index in [2.05, 4.69) is 5.32 Å². The van der Waals surface area contributed by atoms with Crippen molar-refractivity contribution in [3.8, 4) is 0 Å². The maximum absolute atomic E-state index is 12.9. The lowest BCUT2D eigenvalue weighted by Crippen LogP contribution is -2.46. The Labute approximate surface area is 169 Å². The van der Waals surface area contributed by atoms with Crippen LogP contribution in [-0.4, -0.2) is 52.9 Å². The van der Waals surface area contributed by atoms with Crippen LogP contribution in [0.2, 0.25) is 0 Å². The molecule has 1 saturated heterocycles. The zero-order valence-electron chi connectivity index (χ0n) is 16.6. The molecule has 3 aliphatic rings. The number of para-hydroxylation sites is 1. The number of urea groups is 1. The fourth-order valence-electron chi connectivity index (χ4n) is 4.65. The minimum absolute atomic E-state index is 0.0331. The monoisotopic (exact) mass is 399 g/mol. The van der Waals surface area contributed by atoms with Crippen molar-refractivity contribution in [3.63, 3.8) is 0 Å². The van der Waals surface area contributed by atoms with Crippen LogP contribution in [0.25, 0.3) is 0 Å². The lowest BCUT2D eigenvalue weighted by molar-refractivity contribution is -0.156. The van der Waals surface area contributed by atoms with Gasteiger partial charge in [0, 0.05) is 11.7 Å². The van der Waals surface area contributed by atoms with Crippen molar-refractivity contribution in [3.05, 3.63) is 29.8 Å². The van der Waals surface area contributed by atoms with Crippen molar-refractivity contribution in [2.75, 3.05) is 11.4 Å². The van der Waals surface area contributed by atoms with Gasteiger partial charge in [0.05, 0.1) is 0 Å². The predicted octanol–water partition coefficient (Wildman–Crippen LogP) is 1.76. The number of hydrogen-bond acceptors (Lipinski definition) is 5. The molecule has 1 aromatic rings. The Bertz CT molecular complexity index is 877. The molecule has 0 radical (unpaired) electrons. The van der Waals surface area contributed by atoms with E-state index < -0.39 is 30.2 Å². The van der Waals surface area contributed by atoms with E-state index in [1.165, 1.54) is 6.92 Å². The van der Waals surface area contributed by atoms with E-state index in [-0.39, 0.29) is 17.9 Å². The fraction of sp³-hybridized carbons (Fsp3) is 0.524. The lowest BCUT2D eigenvalue weighted by Gasteiger charge is -2.26. The molecule has 8 heteroatoms. The molecule has 1 N–H and O–H groups in total. The lowest BCUT2D eigenvalue weighted by atomic mass is 9.98. The number of anilines is 1. The molecule has 2 aliphatic heterocycles. The molecule has 4 amide bonds. The highest BCUT2D eigenvalue weighted by Gasteiger charge is 2.53. The third-order valence-corrected chi connectivity index (χ3v) is 6.09. The maximum atomic E-state index is 12.9. The minimum atomic E-state index is -1.02. The summed E-state index contributed by atoms with van der Waals surface area (Å²) >= 11 is 0. The third-order valence-electron chi connectivity index (χ3n) is 6.09. The quantitative estimate of drug-likeness (QED) is 0.615. The summed E-state index contributed by atoms with van der Waals surface area (Å²) in [7, 11) is 0. The Kier molecular flexibility index (Phi) is 4.80. The van der Waals surface area contributed by atoms with Crippen molar-refractivity contribution in [1.29, 1.82) is 0 Å². The first-order valence-corrected chi connectivity index (χ1v) is 10.1. The summed E-state index contributed by atoms with van der Waals surface area (Å²) in [6, 6.07) is 7.04. The van der Waals surface area contributed by atoms with E-state index in [0.717, 1.165) is 35.4 Å². The average molecular weight is 399 g/mol. The topological polar surface area (TPSA) is 96.0 Å². The number of nitrogens with one attached hydrogen (secondary N) is 1. The highest BCUT2D eigenvalue weighted by atomic mass is 16.5. The maximum Gasteiger partial charge on any atom is 0.327 e. The van der Waals surface area contributed by atoms with Gasteiger partial charge in [-0.2, -0.15) is 0 Å². The first kappa shape index (κ1) is 19.4. The highest BCUT2D eigenvalue weighted by molar-refractivity contribution is 6.09. The van der Waals surface area contributed by atoms with Crippen molar-refractivity contribution in [2.24, 2.45) is 0 Å². The zero-order chi connectivity index (χ0) is 20.8. The fourth-order valence-corrected chi connectivity index (χ4v) is 4.65. The first-order valence-electron chi connectivity index (χ1n) is 10.1. The normalized spacial score (nSPS) is 23.3. The van der Waals surface area contributed by atoms with Crippen molar-refractivity contribution < 1.29 is 23.9 Å². The van der Waals surface area contributed by atoms with E-state index in [0.29, 0.717) is 12.8 Å². The number of carbonyl (C=O) groups excluding carboxylic acids is 4. The molecule has 2 heterocycles. The Hall–Kier alpha value is -2.90. The van der Waals surface area contributed by atoms with Crippen LogP contribution in [0.1, 0.15) is 45.1 Å². The van der Waals surface area contributed by atoms with Crippen LogP contribution in [0, 0.1) is 0 Å². The van der Waals surface area contributed by atoms with Gasteiger partial charge in [-0.15, -0.1) is 0 Å². The van der Waals surface area contributed by atoms with Crippen LogP contribution < -0.4 is 10.2 Å². The summed E-state index contributed by atoms with van der Waals surface area (Å²) in [5.74, 6) is -1.47. The van der Waals surface area contributed by atoms with E-state index in [1.54, 1.807) is 4.90 Å². The van der Waals surface area contributed by atoms with E-state index in [1.807, 2.05) is 31.2 Å². The van der Waals surface area contributed by atoms with Crippen LogP contribution in [0.3, 0.4) is 0 Å². The number of ether oxygens (including phenoxy) is 1. The minimum Gasteiger partial charge on any atom is -0.451 e. The Morgan fingerprint density at radius 1 is 1.24 bits per heavy atom.